The molecule has 164 valence electrons. The number of aromatic amines is 1. The topological polar surface area (TPSA) is 76.1 Å². The van der Waals surface area contributed by atoms with E-state index in [-0.39, 0.29) is 29.5 Å². The normalized spacial score (nSPS) is 21.9. The van der Waals surface area contributed by atoms with Crippen molar-refractivity contribution in [1.82, 2.24) is 14.9 Å². The van der Waals surface area contributed by atoms with Crippen molar-refractivity contribution in [2.45, 2.75) is 37.8 Å². The Morgan fingerprint density at radius 2 is 2.06 bits per heavy atom. The van der Waals surface area contributed by atoms with Crippen molar-refractivity contribution < 1.29 is 9.13 Å². The first-order valence-electron chi connectivity index (χ1n) is 10.4. The number of H-pyrrole nitrogens is 1. The van der Waals surface area contributed by atoms with Gasteiger partial charge in [-0.3, -0.25) is 9.36 Å². The summed E-state index contributed by atoms with van der Waals surface area (Å²) in [6.45, 7) is 1.25. The Labute approximate surface area is 184 Å². The minimum atomic E-state index is -0.502. The van der Waals surface area contributed by atoms with Gasteiger partial charge in [0.2, 0.25) is 0 Å². The second-order valence-corrected chi connectivity index (χ2v) is 8.23. The van der Waals surface area contributed by atoms with E-state index in [0.29, 0.717) is 30.2 Å². The van der Waals surface area contributed by atoms with Gasteiger partial charge >= 0.3 is 5.69 Å². The van der Waals surface area contributed by atoms with E-state index in [2.05, 4.69) is 16.4 Å². The molecule has 3 aromatic rings. The number of hydrogen-bond donors (Lipinski definition) is 2. The Morgan fingerprint density at radius 1 is 1.23 bits per heavy atom. The maximum absolute atomic E-state index is 13.4. The highest BCUT2D eigenvalue weighted by molar-refractivity contribution is 5.85. The van der Waals surface area contributed by atoms with Crippen LogP contribution in [-0.4, -0.2) is 29.2 Å². The Morgan fingerprint density at radius 3 is 2.87 bits per heavy atom. The van der Waals surface area contributed by atoms with Gasteiger partial charge in [-0.15, -0.1) is 12.4 Å². The summed E-state index contributed by atoms with van der Waals surface area (Å²) in [5.74, 6) is 1.34. The van der Waals surface area contributed by atoms with Crippen molar-refractivity contribution in [3.8, 4) is 5.75 Å². The van der Waals surface area contributed by atoms with Gasteiger partial charge in [-0.1, -0.05) is 12.1 Å². The smallest absolute Gasteiger partial charge is 0.328 e. The number of aromatic nitrogens is 2. The maximum atomic E-state index is 13.4. The molecule has 2 heterocycles. The number of nitrogens with one attached hydrogen (secondary N) is 2. The third kappa shape index (κ3) is 3.66. The highest BCUT2D eigenvalue weighted by atomic mass is 35.5. The fourth-order valence-corrected chi connectivity index (χ4v) is 5.30. The zero-order chi connectivity index (χ0) is 20.8. The molecule has 0 amide bonds. The molecule has 0 bridgehead atoms. The molecule has 3 unspecified atom stereocenters. The van der Waals surface area contributed by atoms with Crippen molar-refractivity contribution in [1.29, 1.82) is 0 Å². The lowest BCUT2D eigenvalue weighted by molar-refractivity contribution is 0.371. The number of methoxy groups -OCH3 is 1. The summed E-state index contributed by atoms with van der Waals surface area (Å²) < 4.78 is 20.2. The minimum absolute atomic E-state index is 0. The lowest BCUT2D eigenvalue weighted by Gasteiger charge is -2.32. The molecule has 8 heteroatoms. The van der Waals surface area contributed by atoms with Gasteiger partial charge in [0.15, 0.2) is 0 Å². The second-order valence-electron chi connectivity index (χ2n) is 8.23. The summed E-state index contributed by atoms with van der Waals surface area (Å²) >= 11 is 0. The molecular weight excluding hydrogens is 421 g/mol. The van der Waals surface area contributed by atoms with Crippen LogP contribution in [0.25, 0.3) is 10.9 Å². The van der Waals surface area contributed by atoms with Gasteiger partial charge in [0, 0.05) is 18.5 Å². The summed E-state index contributed by atoms with van der Waals surface area (Å²) in [5.41, 5.74) is 1.94. The van der Waals surface area contributed by atoms with Crippen molar-refractivity contribution in [2.75, 3.05) is 13.7 Å². The quantitative estimate of drug-likeness (QED) is 0.647. The van der Waals surface area contributed by atoms with Crippen molar-refractivity contribution in [2.24, 2.45) is 5.92 Å². The summed E-state index contributed by atoms with van der Waals surface area (Å²) in [6.07, 6.45) is 2.77. The van der Waals surface area contributed by atoms with Gasteiger partial charge in [-0.25, -0.2) is 9.18 Å². The molecule has 1 saturated heterocycles. The van der Waals surface area contributed by atoms with E-state index in [9.17, 15) is 14.0 Å². The van der Waals surface area contributed by atoms with E-state index in [4.69, 9.17) is 4.74 Å². The third-order valence-corrected chi connectivity index (χ3v) is 6.70. The average Bonchev–Trinajstić information content (AvgIpc) is 3.16. The van der Waals surface area contributed by atoms with Gasteiger partial charge in [0.25, 0.3) is 5.56 Å². The number of nitrogens with zero attached hydrogens (tertiary/aromatic N) is 1. The number of fused-ring (bicyclic) bond motifs is 4. The first-order chi connectivity index (χ1) is 14.6. The molecule has 6 nitrogen and oxygen atoms in total. The monoisotopic (exact) mass is 445 g/mol. The Bertz CT molecular complexity index is 1240. The van der Waals surface area contributed by atoms with E-state index in [0.717, 1.165) is 25.1 Å². The molecule has 0 spiro atoms. The van der Waals surface area contributed by atoms with Gasteiger partial charge in [-0.2, -0.15) is 0 Å². The zero-order valence-electron chi connectivity index (χ0n) is 17.2. The molecule has 2 aromatic carbocycles. The lowest BCUT2D eigenvalue weighted by atomic mass is 9.73. The number of hydrogen-bond acceptors (Lipinski definition) is 4. The van der Waals surface area contributed by atoms with Crippen LogP contribution in [0.4, 0.5) is 4.39 Å². The second kappa shape index (κ2) is 8.48. The number of ether oxygens (including phenoxy) is 1. The molecule has 31 heavy (non-hydrogen) atoms. The molecule has 0 radical (unpaired) electrons. The molecule has 1 aliphatic carbocycles. The van der Waals surface area contributed by atoms with Crippen LogP contribution in [0.15, 0.2) is 46.0 Å². The predicted octanol–water partition coefficient (Wildman–Crippen LogP) is 2.97. The first kappa shape index (κ1) is 21.6. The van der Waals surface area contributed by atoms with Crippen LogP contribution in [0.2, 0.25) is 0 Å². The van der Waals surface area contributed by atoms with Crippen LogP contribution in [-0.2, 0) is 13.0 Å². The molecule has 1 fully saturated rings. The van der Waals surface area contributed by atoms with Crippen LogP contribution in [0.5, 0.6) is 5.75 Å². The van der Waals surface area contributed by atoms with Crippen LogP contribution in [0, 0.1) is 11.7 Å². The van der Waals surface area contributed by atoms with E-state index >= 15 is 0 Å². The van der Waals surface area contributed by atoms with Gasteiger partial charge < -0.3 is 15.0 Å². The molecule has 0 saturated carbocycles. The third-order valence-electron chi connectivity index (χ3n) is 6.70. The molecule has 1 aliphatic heterocycles. The Hall–Kier alpha value is -2.64. The standard InChI is InChI=1S/C23H24FN3O3.ClH/c1-30-20-4-2-3-16-15(20)7-5-13-12-25-18(21(13)16)9-10-27-22(28)17-8-6-14(24)11-19(17)26-23(27)29;/h2-4,6,8,11,13,18,21,25H,5,7,9-10,12H2,1H3,(H,26,29);1H. The molecule has 2 N–H and O–H groups in total. The molecule has 3 atom stereocenters. The maximum Gasteiger partial charge on any atom is 0.328 e. The number of benzene rings is 2. The highest BCUT2D eigenvalue weighted by Gasteiger charge is 2.40. The molecular formula is C23H25ClFN3O3. The first-order valence-corrected chi connectivity index (χ1v) is 10.4. The van der Waals surface area contributed by atoms with Gasteiger partial charge in [0.1, 0.15) is 11.6 Å². The van der Waals surface area contributed by atoms with Crippen LogP contribution in [0.3, 0.4) is 0 Å². The summed E-state index contributed by atoms with van der Waals surface area (Å²) in [6, 6.07) is 10.2. The van der Waals surface area contributed by atoms with Crippen LogP contribution in [0.1, 0.15) is 29.9 Å². The van der Waals surface area contributed by atoms with Crippen molar-refractivity contribution in [3.05, 3.63) is 74.2 Å². The highest BCUT2D eigenvalue weighted by Crippen LogP contribution is 2.45. The number of rotatable bonds is 4. The van der Waals surface area contributed by atoms with Gasteiger partial charge in [0.05, 0.1) is 18.0 Å². The molecule has 5 rings (SSSR count). The van der Waals surface area contributed by atoms with Crippen LogP contribution >= 0.6 is 12.4 Å². The Kier molecular flexibility index (Phi) is 5.90. The lowest BCUT2D eigenvalue weighted by Crippen LogP contribution is -2.38. The zero-order valence-corrected chi connectivity index (χ0v) is 18.0. The van der Waals surface area contributed by atoms with E-state index < -0.39 is 11.5 Å². The molecule has 1 aromatic heterocycles. The minimum Gasteiger partial charge on any atom is -0.496 e. The van der Waals surface area contributed by atoms with Gasteiger partial charge in [-0.05, 0) is 67.1 Å². The van der Waals surface area contributed by atoms with Crippen LogP contribution < -0.4 is 21.3 Å². The Balaban J connectivity index is 0.00000231. The fraction of sp³-hybridized carbons (Fsp3) is 0.391. The summed E-state index contributed by atoms with van der Waals surface area (Å²) in [7, 11) is 1.70. The number of halogens is 2. The SMILES string of the molecule is COc1cccc2c1CCC1CNC(CCn3c(=O)[nH]c4cc(F)ccc4c3=O)C21.Cl. The summed E-state index contributed by atoms with van der Waals surface area (Å²) in [4.78, 5) is 27.9. The van der Waals surface area contributed by atoms with Crippen molar-refractivity contribution >= 4 is 23.3 Å². The average molecular weight is 446 g/mol. The van der Waals surface area contributed by atoms with E-state index in [1.54, 1.807) is 7.11 Å². The largest absolute Gasteiger partial charge is 0.496 e. The predicted molar refractivity (Wildman–Crippen MR) is 120 cm³/mol. The fourth-order valence-electron chi connectivity index (χ4n) is 5.30. The van der Waals surface area contributed by atoms with Crippen molar-refractivity contribution in [3.63, 3.8) is 0 Å². The molecule has 2 aliphatic rings. The van der Waals surface area contributed by atoms with E-state index in [1.807, 2.05) is 12.1 Å². The van der Waals surface area contributed by atoms with E-state index in [1.165, 1.54) is 33.9 Å². The summed E-state index contributed by atoms with van der Waals surface area (Å²) in [5, 5.41) is 3.93.